The molecule has 1 heterocycles. The lowest BCUT2D eigenvalue weighted by Gasteiger charge is -2.03. The highest BCUT2D eigenvalue weighted by atomic mass is 79.9. The Labute approximate surface area is 141 Å². The molecule has 0 N–H and O–H groups in total. The molecule has 22 heavy (non-hydrogen) atoms. The molecule has 0 atom stereocenters. The Balaban J connectivity index is 2.05. The number of nitrogens with zero attached hydrogens (tertiary/aromatic N) is 3. The zero-order valence-corrected chi connectivity index (χ0v) is 14.4. The van der Waals surface area contributed by atoms with Crippen LogP contribution < -0.4 is 4.80 Å². The van der Waals surface area contributed by atoms with Crippen molar-refractivity contribution < 1.29 is 0 Å². The monoisotopic (exact) mass is 371 g/mol. The Morgan fingerprint density at radius 3 is 2.45 bits per heavy atom. The molecule has 0 aliphatic heterocycles. The minimum absolute atomic E-state index is 0.866. The van der Waals surface area contributed by atoms with Crippen molar-refractivity contribution in [1.82, 2.24) is 4.68 Å². The van der Waals surface area contributed by atoms with Crippen molar-refractivity contribution in [2.75, 3.05) is 7.05 Å². The summed E-state index contributed by atoms with van der Waals surface area (Å²) in [6, 6.07) is 18.2. The molecule has 3 nitrogen and oxygen atoms in total. The molecule has 110 valence electrons. The van der Waals surface area contributed by atoms with Gasteiger partial charge in [0, 0.05) is 22.5 Å². The predicted molar refractivity (Wildman–Crippen MR) is 96.4 cm³/mol. The van der Waals surface area contributed by atoms with Crippen molar-refractivity contribution in [3.05, 3.63) is 74.8 Å². The lowest BCUT2D eigenvalue weighted by atomic mass is 10.2. The van der Waals surface area contributed by atoms with E-state index in [0.29, 0.717) is 0 Å². The second-order valence-electron chi connectivity index (χ2n) is 4.60. The average molecular weight is 372 g/mol. The van der Waals surface area contributed by atoms with Gasteiger partial charge in [0.25, 0.3) is 0 Å². The van der Waals surface area contributed by atoms with Crippen LogP contribution in [-0.2, 0) is 0 Å². The van der Waals surface area contributed by atoms with Crippen LogP contribution in [0.3, 0.4) is 0 Å². The van der Waals surface area contributed by atoms with Gasteiger partial charge in [0.1, 0.15) is 0 Å². The quantitative estimate of drug-likeness (QED) is 0.611. The first-order valence-electron chi connectivity index (χ1n) is 6.76. The molecule has 2 aromatic carbocycles. The number of halogens is 1. The van der Waals surface area contributed by atoms with Crippen molar-refractivity contribution in [2.45, 2.75) is 0 Å². The van der Waals surface area contributed by atoms with Crippen LogP contribution in [0.2, 0.25) is 0 Å². The molecule has 1 aromatic heterocycles. The van der Waals surface area contributed by atoms with Gasteiger partial charge >= 0.3 is 0 Å². The molecule has 0 fully saturated rings. The fourth-order valence-corrected chi connectivity index (χ4v) is 3.11. The van der Waals surface area contributed by atoms with Crippen LogP contribution in [0.5, 0.6) is 0 Å². The minimum atomic E-state index is 0.866. The molecule has 0 aliphatic rings. The van der Waals surface area contributed by atoms with Gasteiger partial charge in [-0.15, -0.1) is 11.3 Å². The second-order valence-corrected chi connectivity index (χ2v) is 6.35. The van der Waals surface area contributed by atoms with Crippen molar-refractivity contribution >= 4 is 33.5 Å². The summed E-state index contributed by atoms with van der Waals surface area (Å²) in [4.78, 5) is 5.17. The lowest BCUT2D eigenvalue weighted by Crippen LogP contribution is -2.11. The molecule has 0 bridgehead atoms. The van der Waals surface area contributed by atoms with E-state index in [4.69, 9.17) is 0 Å². The Hall–Kier alpha value is -1.98. The van der Waals surface area contributed by atoms with E-state index in [1.807, 2.05) is 53.4 Å². The molecule has 3 aromatic rings. The highest BCUT2D eigenvalue weighted by Gasteiger charge is 2.06. The van der Waals surface area contributed by atoms with Gasteiger partial charge in [-0.25, -0.2) is 4.68 Å². The first-order chi connectivity index (χ1) is 10.8. The van der Waals surface area contributed by atoms with E-state index < -0.39 is 0 Å². The van der Waals surface area contributed by atoms with Crippen LogP contribution in [0, 0.1) is 0 Å². The van der Waals surface area contributed by atoms with Crippen LogP contribution in [-0.4, -0.2) is 17.9 Å². The smallest absolute Gasteiger partial charge is 0.205 e. The average Bonchev–Trinajstić information content (AvgIpc) is 2.97. The molecular formula is C17H14BrN3S. The summed E-state index contributed by atoms with van der Waals surface area (Å²) in [7, 11) is 1.78. The van der Waals surface area contributed by atoms with Crippen molar-refractivity contribution in [3.8, 4) is 11.3 Å². The number of aromatic nitrogens is 1. The lowest BCUT2D eigenvalue weighted by molar-refractivity contribution is 0.848. The molecule has 0 unspecified atom stereocenters. The summed E-state index contributed by atoms with van der Waals surface area (Å²) < 4.78 is 2.94. The van der Waals surface area contributed by atoms with E-state index in [0.717, 1.165) is 26.1 Å². The molecule has 0 radical (unpaired) electrons. The fraction of sp³-hybridized carbons (Fsp3) is 0.0588. The van der Waals surface area contributed by atoms with Crippen molar-refractivity contribution in [3.63, 3.8) is 0 Å². The third-order valence-corrected chi connectivity index (χ3v) is 4.57. The number of thiazole rings is 1. The molecule has 5 heteroatoms. The maximum Gasteiger partial charge on any atom is 0.205 e. The van der Waals surface area contributed by atoms with Gasteiger partial charge in [0.05, 0.1) is 11.9 Å². The third-order valence-electron chi connectivity index (χ3n) is 3.14. The second kappa shape index (κ2) is 6.85. The zero-order valence-electron chi connectivity index (χ0n) is 12.0. The SMILES string of the molecule is CN=c1scc(-c2ccc(Br)cc2)n1N=Cc1ccccc1. The van der Waals surface area contributed by atoms with Crippen LogP contribution in [0.25, 0.3) is 11.3 Å². The maximum atomic E-state index is 4.60. The fourth-order valence-electron chi connectivity index (χ4n) is 2.04. The van der Waals surface area contributed by atoms with Gasteiger partial charge in [-0.05, 0) is 17.7 Å². The topological polar surface area (TPSA) is 29.6 Å². The third kappa shape index (κ3) is 3.26. The molecule has 0 aliphatic carbocycles. The van der Waals surface area contributed by atoms with Crippen molar-refractivity contribution in [1.29, 1.82) is 0 Å². The summed E-state index contributed by atoms with van der Waals surface area (Å²) in [5, 5.41) is 6.68. The highest BCUT2D eigenvalue weighted by molar-refractivity contribution is 9.10. The number of benzene rings is 2. The standard InChI is InChI=1S/C17H14BrN3S/c1-19-17-21(20-11-13-5-3-2-4-6-13)16(12-22-17)14-7-9-15(18)10-8-14/h2-12H,1H3. The minimum Gasteiger partial charge on any atom is -0.261 e. The summed E-state index contributed by atoms with van der Waals surface area (Å²) >= 11 is 5.05. The van der Waals surface area contributed by atoms with E-state index in [1.54, 1.807) is 18.4 Å². The Morgan fingerprint density at radius 2 is 1.77 bits per heavy atom. The highest BCUT2D eigenvalue weighted by Crippen LogP contribution is 2.22. The van der Waals surface area contributed by atoms with Crippen LogP contribution in [0.1, 0.15) is 5.56 Å². The number of hydrogen-bond donors (Lipinski definition) is 0. The maximum absolute atomic E-state index is 4.60. The van der Waals surface area contributed by atoms with Gasteiger partial charge in [-0.1, -0.05) is 58.4 Å². The van der Waals surface area contributed by atoms with Crippen LogP contribution in [0.4, 0.5) is 0 Å². The summed E-state index contributed by atoms with van der Waals surface area (Å²) in [6.07, 6.45) is 1.85. The van der Waals surface area contributed by atoms with E-state index in [-0.39, 0.29) is 0 Å². The molecule has 3 rings (SSSR count). The Morgan fingerprint density at radius 1 is 1.05 bits per heavy atom. The summed E-state index contributed by atoms with van der Waals surface area (Å²) in [6.45, 7) is 0. The first kappa shape index (κ1) is 14.9. The normalized spacial score (nSPS) is 12.2. The number of rotatable bonds is 3. The van der Waals surface area contributed by atoms with Crippen LogP contribution >= 0.6 is 27.3 Å². The molecule has 0 amide bonds. The van der Waals surface area contributed by atoms with Gasteiger partial charge in [-0.2, -0.15) is 5.10 Å². The first-order valence-corrected chi connectivity index (χ1v) is 8.44. The van der Waals surface area contributed by atoms with E-state index in [2.05, 4.69) is 43.5 Å². The summed E-state index contributed by atoms with van der Waals surface area (Å²) in [5.74, 6) is 0. The number of hydrogen-bond acceptors (Lipinski definition) is 3. The summed E-state index contributed by atoms with van der Waals surface area (Å²) in [5.41, 5.74) is 3.20. The van der Waals surface area contributed by atoms with Gasteiger partial charge in [0.15, 0.2) is 0 Å². The Kier molecular flexibility index (Phi) is 4.65. The van der Waals surface area contributed by atoms with Gasteiger partial charge < -0.3 is 0 Å². The molecule has 0 saturated carbocycles. The molecule has 0 spiro atoms. The zero-order chi connectivity index (χ0) is 15.4. The van der Waals surface area contributed by atoms with Crippen LogP contribution in [0.15, 0.2) is 74.5 Å². The van der Waals surface area contributed by atoms with Gasteiger partial charge in [0.2, 0.25) is 4.80 Å². The van der Waals surface area contributed by atoms with E-state index >= 15 is 0 Å². The predicted octanol–water partition coefficient (Wildman–Crippen LogP) is 4.39. The Bertz CT molecular complexity index is 846. The molecule has 0 saturated heterocycles. The van der Waals surface area contributed by atoms with Gasteiger partial charge in [-0.3, -0.25) is 4.99 Å². The van der Waals surface area contributed by atoms with Crippen molar-refractivity contribution in [2.24, 2.45) is 10.1 Å². The largest absolute Gasteiger partial charge is 0.261 e. The van der Waals surface area contributed by atoms with E-state index in [1.165, 1.54) is 0 Å². The molecular weight excluding hydrogens is 358 g/mol. The van der Waals surface area contributed by atoms with E-state index in [9.17, 15) is 0 Å².